The topological polar surface area (TPSA) is 63.1 Å². The highest BCUT2D eigenvalue weighted by Gasteiger charge is 2.35. The monoisotopic (exact) mass is 421 g/mol. The molecule has 0 bridgehead atoms. The van der Waals surface area contributed by atoms with Gasteiger partial charge >= 0.3 is 6.18 Å². The highest BCUT2D eigenvalue weighted by Crippen LogP contribution is 2.35. The standard InChI is InChI=1S/C19H18F3N5OS/c20-19(21,22)14-7-1-2-8-15(14)23-16(28)13-6-5-11-27(12-13)18-25-24-17(29-18)26-9-3-4-10-26/h1-4,7-10,13H,5-6,11-12H2,(H,23,28). The van der Waals surface area contributed by atoms with Crippen molar-refractivity contribution >= 4 is 28.1 Å². The minimum absolute atomic E-state index is 0.215. The SMILES string of the molecule is O=C(Nc1ccccc1C(F)(F)F)C1CCCN(c2nnc(-n3cccc3)s2)C1. The molecule has 1 aromatic carbocycles. The summed E-state index contributed by atoms with van der Waals surface area (Å²) in [5, 5.41) is 12.3. The van der Waals surface area contributed by atoms with Gasteiger partial charge in [0.1, 0.15) is 0 Å². The molecule has 0 radical (unpaired) electrons. The number of carbonyl (C=O) groups excluding carboxylic acids is 1. The molecule has 29 heavy (non-hydrogen) atoms. The van der Waals surface area contributed by atoms with E-state index in [1.54, 1.807) is 0 Å². The number of nitrogens with zero attached hydrogens (tertiary/aromatic N) is 4. The van der Waals surface area contributed by atoms with Crippen molar-refractivity contribution in [3.63, 3.8) is 0 Å². The molecule has 0 saturated carbocycles. The molecular weight excluding hydrogens is 403 g/mol. The quantitative estimate of drug-likeness (QED) is 0.686. The number of anilines is 2. The van der Waals surface area contributed by atoms with Gasteiger partial charge < -0.3 is 10.2 Å². The lowest BCUT2D eigenvalue weighted by molar-refractivity contribution is -0.137. The molecule has 1 atom stereocenters. The van der Waals surface area contributed by atoms with E-state index in [2.05, 4.69) is 15.5 Å². The number of hydrogen-bond donors (Lipinski definition) is 1. The van der Waals surface area contributed by atoms with E-state index < -0.39 is 23.6 Å². The molecule has 3 heterocycles. The molecule has 1 aliphatic heterocycles. The van der Waals surface area contributed by atoms with Crippen molar-refractivity contribution in [1.29, 1.82) is 0 Å². The number of amides is 1. The van der Waals surface area contributed by atoms with Gasteiger partial charge in [0, 0.05) is 25.5 Å². The lowest BCUT2D eigenvalue weighted by Crippen LogP contribution is -2.41. The second kappa shape index (κ2) is 7.86. The Balaban J connectivity index is 1.46. The minimum Gasteiger partial charge on any atom is -0.346 e. The number of hydrogen-bond acceptors (Lipinski definition) is 5. The predicted molar refractivity (Wildman–Crippen MR) is 104 cm³/mol. The van der Waals surface area contributed by atoms with E-state index in [-0.39, 0.29) is 5.69 Å². The second-order valence-electron chi connectivity index (χ2n) is 6.78. The number of aromatic nitrogens is 3. The number of benzene rings is 1. The summed E-state index contributed by atoms with van der Waals surface area (Å²) in [5.41, 5.74) is -1.06. The van der Waals surface area contributed by atoms with Crippen LogP contribution in [0.4, 0.5) is 24.0 Å². The van der Waals surface area contributed by atoms with E-state index in [4.69, 9.17) is 0 Å². The summed E-state index contributed by atoms with van der Waals surface area (Å²) >= 11 is 1.41. The lowest BCUT2D eigenvalue weighted by Gasteiger charge is -2.31. The van der Waals surface area contributed by atoms with Gasteiger partial charge in [-0.3, -0.25) is 9.36 Å². The Morgan fingerprint density at radius 2 is 1.83 bits per heavy atom. The van der Waals surface area contributed by atoms with Crippen LogP contribution in [-0.2, 0) is 11.0 Å². The van der Waals surface area contributed by atoms with E-state index in [9.17, 15) is 18.0 Å². The summed E-state index contributed by atoms with van der Waals surface area (Å²) < 4.78 is 41.4. The van der Waals surface area contributed by atoms with Crippen LogP contribution in [0.2, 0.25) is 0 Å². The van der Waals surface area contributed by atoms with Gasteiger partial charge in [0.2, 0.25) is 16.2 Å². The summed E-state index contributed by atoms with van der Waals surface area (Å²) in [6.45, 7) is 1.11. The zero-order chi connectivity index (χ0) is 20.4. The molecule has 2 aromatic heterocycles. The van der Waals surface area contributed by atoms with Crippen LogP contribution in [-0.4, -0.2) is 33.8 Å². The second-order valence-corrected chi connectivity index (χ2v) is 7.71. The van der Waals surface area contributed by atoms with Gasteiger partial charge in [-0.15, -0.1) is 10.2 Å². The number of alkyl halides is 3. The summed E-state index contributed by atoms with van der Waals surface area (Å²) in [6.07, 6.45) is 0.574. The van der Waals surface area contributed by atoms with Crippen LogP contribution < -0.4 is 10.2 Å². The first-order valence-corrected chi connectivity index (χ1v) is 9.92. The van der Waals surface area contributed by atoms with Crippen molar-refractivity contribution in [2.24, 2.45) is 5.92 Å². The fraction of sp³-hybridized carbons (Fsp3) is 0.316. The first kappa shape index (κ1) is 19.4. The molecule has 1 aliphatic rings. The third-order valence-corrected chi connectivity index (χ3v) is 5.78. The van der Waals surface area contributed by atoms with Crippen molar-refractivity contribution in [1.82, 2.24) is 14.8 Å². The number of para-hydroxylation sites is 1. The smallest absolute Gasteiger partial charge is 0.346 e. The van der Waals surface area contributed by atoms with Crippen molar-refractivity contribution in [2.75, 3.05) is 23.3 Å². The maximum absolute atomic E-state index is 13.2. The van der Waals surface area contributed by atoms with Crippen molar-refractivity contribution in [3.8, 4) is 5.13 Å². The number of nitrogens with one attached hydrogen (secondary N) is 1. The maximum atomic E-state index is 13.2. The Bertz CT molecular complexity index is 986. The lowest BCUT2D eigenvalue weighted by atomic mass is 9.97. The van der Waals surface area contributed by atoms with Crippen LogP contribution in [0.3, 0.4) is 0 Å². The van der Waals surface area contributed by atoms with Gasteiger partial charge in [-0.1, -0.05) is 23.5 Å². The van der Waals surface area contributed by atoms with Crippen molar-refractivity contribution < 1.29 is 18.0 Å². The van der Waals surface area contributed by atoms with Crippen LogP contribution in [0.15, 0.2) is 48.8 Å². The Morgan fingerprint density at radius 1 is 1.10 bits per heavy atom. The van der Waals surface area contributed by atoms with Crippen LogP contribution in [0.1, 0.15) is 18.4 Å². The van der Waals surface area contributed by atoms with E-state index in [0.29, 0.717) is 18.1 Å². The highest BCUT2D eigenvalue weighted by molar-refractivity contribution is 7.17. The Kier molecular flexibility index (Phi) is 5.27. The number of carbonyl (C=O) groups is 1. The molecule has 6 nitrogen and oxygen atoms in total. The zero-order valence-corrected chi connectivity index (χ0v) is 16.1. The van der Waals surface area contributed by atoms with Crippen LogP contribution in [0, 0.1) is 5.92 Å². The number of halogens is 3. The first-order valence-electron chi connectivity index (χ1n) is 9.11. The van der Waals surface area contributed by atoms with Gasteiger partial charge in [0.15, 0.2) is 0 Å². The molecule has 1 amide bonds. The molecule has 152 valence electrons. The van der Waals surface area contributed by atoms with Gasteiger partial charge in [0.25, 0.3) is 0 Å². The van der Waals surface area contributed by atoms with Gasteiger partial charge in [-0.05, 0) is 37.1 Å². The average Bonchev–Trinajstić information content (AvgIpc) is 3.39. The normalized spacial score (nSPS) is 17.3. The average molecular weight is 421 g/mol. The molecule has 10 heteroatoms. The van der Waals surface area contributed by atoms with Crippen molar-refractivity contribution in [2.45, 2.75) is 19.0 Å². The maximum Gasteiger partial charge on any atom is 0.418 e. The molecule has 3 aromatic rings. The predicted octanol–water partition coefficient (Wildman–Crippen LogP) is 4.20. The summed E-state index contributed by atoms with van der Waals surface area (Å²) in [5.74, 6) is -0.842. The van der Waals surface area contributed by atoms with Crippen LogP contribution in [0.25, 0.3) is 5.13 Å². The highest BCUT2D eigenvalue weighted by atomic mass is 32.1. The van der Waals surface area contributed by atoms with E-state index in [0.717, 1.165) is 24.2 Å². The summed E-state index contributed by atoms with van der Waals surface area (Å²) in [6, 6.07) is 8.80. The molecule has 1 N–H and O–H groups in total. The Labute approximate surface area is 169 Å². The molecule has 1 saturated heterocycles. The van der Waals surface area contributed by atoms with Crippen LogP contribution in [0.5, 0.6) is 0 Å². The van der Waals surface area contributed by atoms with E-state index in [1.165, 1.54) is 29.5 Å². The van der Waals surface area contributed by atoms with Crippen LogP contribution >= 0.6 is 11.3 Å². The summed E-state index contributed by atoms with van der Waals surface area (Å²) in [4.78, 5) is 14.6. The molecule has 1 fully saturated rings. The minimum atomic E-state index is -4.52. The van der Waals surface area contributed by atoms with Crippen molar-refractivity contribution in [3.05, 3.63) is 54.4 Å². The van der Waals surface area contributed by atoms with Gasteiger partial charge in [-0.25, -0.2) is 0 Å². The molecule has 1 unspecified atom stereocenters. The molecule has 0 spiro atoms. The van der Waals surface area contributed by atoms with Gasteiger partial charge in [0.05, 0.1) is 17.2 Å². The molecule has 0 aliphatic carbocycles. The third kappa shape index (κ3) is 4.26. The number of rotatable bonds is 4. The van der Waals surface area contributed by atoms with E-state index >= 15 is 0 Å². The summed E-state index contributed by atoms with van der Waals surface area (Å²) in [7, 11) is 0. The number of piperidine rings is 1. The third-order valence-electron chi connectivity index (χ3n) is 4.78. The largest absolute Gasteiger partial charge is 0.418 e. The fourth-order valence-corrected chi connectivity index (χ4v) is 4.19. The molecule has 4 rings (SSSR count). The van der Waals surface area contributed by atoms with E-state index in [1.807, 2.05) is 34.0 Å². The molecular formula is C19H18F3N5OS. The zero-order valence-electron chi connectivity index (χ0n) is 15.3. The fourth-order valence-electron chi connectivity index (χ4n) is 3.34. The first-order chi connectivity index (χ1) is 13.9. The Hall–Kier alpha value is -2.88. The van der Waals surface area contributed by atoms with Gasteiger partial charge in [-0.2, -0.15) is 13.2 Å². The Morgan fingerprint density at radius 3 is 2.59 bits per heavy atom.